The number of nitrogens with one attached hydrogen (secondary N) is 1. The smallest absolute Gasteiger partial charge is 0.0263 e. The number of rotatable bonds is 2. The highest BCUT2D eigenvalue weighted by molar-refractivity contribution is 9.10. The first kappa shape index (κ1) is 12.0. The second kappa shape index (κ2) is 5.31. The highest BCUT2D eigenvalue weighted by atomic mass is 79.9. The first-order valence-electron chi connectivity index (χ1n) is 6.19. The minimum absolute atomic E-state index is 0.748. The summed E-state index contributed by atoms with van der Waals surface area (Å²) in [5, 5.41) is 4.16. The van der Waals surface area contributed by atoms with E-state index in [2.05, 4.69) is 56.1 Å². The van der Waals surface area contributed by atoms with E-state index in [1.54, 1.807) is 0 Å². The molecule has 1 unspecified atom stereocenters. The number of nitrogens with zero attached hydrogens (tertiary/aromatic N) is 1. The van der Waals surface area contributed by atoms with Gasteiger partial charge in [-0.15, -0.1) is 11.8 Å². The molecule has 17 heavy (non-hydrogen) atoms. The van der Waals surface area contributed by atoms with Crippen LogP contribution in [0.15, 0.2) is 27.6 Å². The number of thioether (sulfide) groups is 1. The van der Waals surface area contributed by atoms with Crippen LogP contribution in [0.3, 0.4) is 0 Å². The van der Waals surface area contributed by atoms with Crippen LogP contribution in [-0.2, 0) is 6.42 Å². The van der Waals surface area contributed by atoms with Crippen molar-refractivity contribution in [3.8, 4) is 0 Å². The summed E-state index contributed by atoms with van der Waals surface area (Å²) in [5.74, 6) is 0. The molecule has 0 radical (unpaired) electrons. The van der Waals surface area contributed by atoms with Gasteiger partial charge in [-0.1, -0.05) is 15.9 Å². The Hall–Kier alpha value is -0.0300. The maximum absolute atomic E-state index is 3.56. The van der Waals surface area contributed by atoms with E-state index < -0.39 is 0 Å². The molecule has 2 nitrogen and oxygen atoms in total. The monoisotopic (exact) mass is 312 g/mol. The fraction of sp³-hybridized carbons (Fsp3) is 0.538. The average molecular weight is 313 g/mol. The molecule has 92 valence electrons. The van der Waals surface area contributed by atoms with Gasteiger partial charge in [-0.3, -0.25) is 4.90 Å². The van der Waals surface area contributed by atoms with Crippen LogP contribution in [0, 0.1) is 0 Å². The van der Waals surface area contributed by atoms with E-state index in [0.29, 0.717) is 0 Å². The zero-order valence-electron chi connectivity index (χ0n) is 9.79. The maximum Gasteiger partial charge on any atom is 0.0263 e. The molecule has 1 saturated heterocycles. The normalized spacial score (nSPS) is 24.9. The van der Waals surface area contributed by atoms with E-state index in [4.69, 9.17) is 0 Å². The lowest BCUT2D eigenvalue weighted by Gasteiger charge is -2.29. The third-order valence-corrected chi connectivity index (χ3v) is 5.23. The van der Waals surface area contributed by atoms with Crippen LogP contribution in [0.4, 0.5) is 0 Å². The number of hydrogen-bond acceptors (Lipinski definition) is 3. The molecule has 2 heterocycles. The van der Waals surface area contributed by atoms with Gasteiger partial charge in [-0.2, -0.15) is 0 Å². The van der Waals surface area contributed by atoms with E-state index in [-0.39, 0.29) is 0 Å². The molecule has 4 heteroatoms. The van der Waals surface area contributed by atoms with E-state index in [9.17, 15) is 0 Å². The number of benzene rings is 1. The summed E-state index contributed by atoms with van der Waals surface area (Å²) in [6.07, 6.45) is 1.23. The first-order chi connectivity index (χ1) is 8.31. The Bertz CT molecular complexity index is 404. The topological polar surface area (TPSA) is 15.3 Å². The Morgan fingerprint density at radius 2 is 2.18 bits per heavy atom. The number of piperazine rings is 1. The third-order valence-electron chi connectivity index (χ3n) is 3.44. The molecule has 1 N–H and O–H groups in total. The van der Waals surface area contributed by atoms with Gasteiger partial charge in [0, 0.05) is 47.3 Å². The maximum atomic E-state index is 3.56. The number of hydrogen-bond donors (Lipinski definition) is 1. The Kier molecular flexibility index (Phi) is 3.75. The van der Waals surface area contributed by atoms with Crippen LogP contribution in [0.25, 0.3) is 0 Å². The van der Waals surface area contributed by atoms with Gasteiger partial charge in [0.15, 0.2) is 0 Å². The van der Waals surface area contributed by atoms with E-state index >= 15 is 0 Å². The Morgan fingerprint density at radius 1 is 1.35 bits per heavy atom. The molecule has 1 fully saturated rings. The van der Waals surface area contributed by atoms with Crippen molar-refractivity contribution in [2.24, 2.45) is 0 Å². The minimum Gasteiger partial charge on any atom is -0.314 e. The van der Waals surface area contributed by atoms with E-state index in [0.717, 1.165) is 18.3 Å². The fourth-order valence-electron chi connectivity index (χ4n) is 2.57. The zero-order valence-corrected chi connectivity index (χ0v) is 12.2. The van der Waals surface area contributed by atoms with Crippen molar-refractivity contribution < 1.29 is 0 Å². The summed E-state index contributed by atoms with van der Waals surface area (Å²) in [6, 6.07) is 6.68. The summed E-state index contributed by atoms with van der Waals surface area (Å²) in [6.45, 7) is 5.94. The van der Waals surface area contributed by atoms with Crippen molar-refractivity contribution in [1.82, 2.24) is 10.2 Å². The van der Waals surface area contributed by atoms with Gasteiger partial charge in [0.2, 0.25) is 0 Å². The molecule has 3 rings (SSSR count). The van der Waals surface area contributed by atoms with Crippen molar-refractivity contribution in [3.63, 3.8) is 0 Å². The molecule has 0 amide bonds. The molecule has 2 aliphatic heterocycles. The molecular weight excluding hydrogens is 296 g/mol. The quantitative estimate of drug-likeness (QED) is 0.902. The molecular formula is C13H17BrN2S. The van der Waals surface area contributed by atoms with Gasteiger partial charge < -0.3 is 5.32 Å². The zero-order chi connectivity index (χ0) is 11.7. The van der Waals surface area contributed by atoms with Crippen LogP contribution < -0.4 is 5.32 Å². The number of fused-ring (bicyclic) bond motifs is 1. The Balaban J connectivity index is 1.61. The second-order valence-electron chi connectivity index (χ2n) is 4.75. The highest BCUT2D eigenvalue weighted by Gasteiger charge is 2.24. The molecule has 0 spiro atoms. The lowest BCUT2D eigenvalue weighted by Crippen LogP contribution is -2.45. The van der Waals surface area contributed by atoms with Crippen LogP contribution in [0.2, 0.25) is 0 Å². The molecule has 2 aliphatic rings. The van der Waals surface area contributed by atoms with Crippen LogP contribution >= 0.6 is 27.7 Å². The molecule has 1 aromatic carbocycles. The van der Waals surface area contributed by atoms with E-state index in [1.165, 1.54) is 41.0 Å². The molecule has 0 bridgehead atoms. The molecule has 1 aromatic rings. The van der Waals surface area contributed by atoms with Crippen molar-refractivity contribution in [1.29, 1.82) is 0 Å². The van der Waals surface area contributed by atoms with Crippen molar-refractivity contribution in [2.75, 3.05) is 32.7 Å². The van der Waals surface area contributed by atoms with Crippen molar-refractivity contribution >= 4 is 27.7 Å². The SMILES string of the molecule is Brc1ccc2c(c1)CC(CN1CCNCC1)S2. The standard InChI is InChI=1S/C13H17BrN2S/c14-11-1-2-13-10(7-11)8-12(17-13)9-16-5-3-15-4-6-16/h1-2,7,12,15H,3-6,8-9H2. The van der Waals surface area contributed by atoms with Crippen molar-refractivity contribution in [2.45, 2.75) is 16.6 Å². The largest absolute Gasteiger partial charge is 0.314 e. The summed E-state index contributed by atoms with van der Waals surface area (Å²) in [4.78, 5) is 4.07. The lowest BCUT2D eigenvalue weighted by atomic mass is 10.1. The van der Waals surface area contributed by atoms with Gasteiger partial charge in [0.05, 0.1) is 0 Å². The van der Waals surface area contributed by atoms with Gasteiger partial charge in [0.25, 0.3) is 0 Å². The van der Waals surface area contributed by atoms with Gasteiger partial charge >= 0.3 is 0 Å². The van der Waals surface area contributed by atoms with Crippen LogP contribution in [-0.4, -0.2) is 42.9 Å². The van der Waals surface area contributed by atoms with Crippen LogP contribution in [0.1, 0.15) is 5.56 Å². The molecule has 0 aliphatic carbocycles. The fourth-order valence-corrected chi connectivity index (χ4v) is 4.33. The molecule has 1 atom stereocenters. The van der Waals surface area contributed by atoms with Crippen molar-refractivity contribution in [3.05, 3.63) is 28.2 Å². The predicted octanol–water partition coefficient (Wildman–Crippen LogP) is 2.37. The van der Waals surface area contributed by atoms with Gasteiger partial charge in [-0.05, 0) is 30.2 Å². The summed E-state index contributed by atoms with van der Waals surface area (Å²) in [7, 11) is 0. The highest BCUT2D eigenvalue weighted by Crippen LogP contribution is 2.38. The van der Waals surface area contributed by atoms with Crippen LogP contribution in [0.5, 0.6) is 0 Å². The summed E-state index contributed by atoms with van der Waals surface area (Å²) >= 11 is 5.61. The average Bonchev–Trinajstić information content (AvgIpc) is 2.71. The second-order valence-corrected chi connectivity index (χ2v) is 7.00. The third kappa shape index (κ3) is 2.87. The van der Waals surface area contributed by atoms with E-state index in [1.807, 2.05) is 0 Å². The van der Waals surface area contributed by atoms with Gasteiger partial charge in [-0.25, -0.2) is 0 Å². The Morgan fingerprint density at radius 3 is 3.00 bits per heavy atom. The lowest BCUT2D eigenvalue weighted by molar-refractivity contribution is 0.242. The summed E-state index contributed by atoms with van der Waals surface area (Å²) < 4.78 is 1.21. The molecule has 0 saturated carbocycles. The predicted molar refractivity (Wildman–Crippen MR) is 76.8 cm³/mol. The first-order valence-corrected chi connectivity index (χ1v) is 7.87. The summed E-state index contributed by atoms with van der Waals surface area (Å²) in [5.41, 5.74) is 1.52. The van der Waals surface area contributed by atoms with Gasteiger partial charge in [0.1, 0.15) is 0 Å². The number of halogens is 1. The Labute approximate surface area is 115 Å². The molecule has 0 aromatic heterocycles. The minimum atomic E-state index is 0.748.